The first-order valence-electron chi connectivity index (χ1n) is 6.92. The van der Waals surface area contributed by atoms with Crippen molar-refractivity contribution in [2.75, 3.05) is 6.61 Å². The minimum absolute atomic E-state index is 0.0962. The standard InChI is InChI=1S/C15H9Cl2F5N2O3/c16-8-2-7(12(23)25)10(18)3-11(8)27-6-1-9(17)13(24-4-6)26-5-15(21,22)14(19)20/h1-4,14H,5H2,(H2,23,25). The van der Waals surface area contributed by atoms with Crippen LogP contribution in [-0.2, 0) is 0 Å². The van der Waals surface area contributed by atoms with Crippen molar-refractivity contribution in [1.29, 1.82) is 0 Å². The van der Waals surface area contributed by atoms with E-state index in [1.807, 2.05) is 0 Å². The highest BCUT2D eigenvalue weighted by molar-refractivity contribution is 6.32. The molecule has 5 nitrogen and oxygen atoms in total. The molecule has 2 aromatic rings. The van der Waals surface area contributed by atoms with Gasteiger partial charge < -0.3 is 15.2 Å². The zero-order valence-electron chi connectivity index (χ0n) is 13.0. The number of carbonyl (C=O) groups is 1. The highest BCUT2D eigenvalue weighted by Crippen LogP contribution is 2.34. The molecule has 0 fully saturated rings. The normalized spacial score (nSPS) is 11.6. The molecule has 0 saturated carbocycles. The summed E-state index contributed by atoms with van der Waals surface area (Å²) in [7, 11) is 0. The van der Waals surface area contributed by atoms with E-state index >= 15 is 0 Å². The highest BCUT2D eigenvalue weighted by atomic mass is 35.5. The average molecular weight is 431 g/mol. The number of halogens is 7. The van der Waals surface area contributed by atoms with Crippen molar-refractivity contribution in [2.45, 2.75) is 12.3 Å². The molecule has 0 saturated heterocycles. The summed E-state index contributed by atoms with van der Waals surface area (Å²) in [6, 6.07) is 2.80. The Labute approximate surface area is 158 Å². The molecule has 12 heteroatoms. The fourth-order valence-corrected chi connectivity index (χ4v) is 2.13. The fraction of sp³-hybridized carbons (Fsp3) is 0.200. The Balaban J connectivity index is 2.17. The Morgan fingerprint density at radius 3 is 2.44 bits per heavy atom. The third-order valence-corrected chi connectivity index (χ3v) is 3.58. The minimum Gasteiger partial charge on any atom is -0.470 e. The number of primary amides is 1. The topological polar surface area (TPSA) is 74.4 Å². The Morgan fingerprint density at radius 1 is 1.22 bits per heavy atom. The van der Waals surface area contributed by atoms with Crippen molar-refractivity contribution in [2.24, 2.45) is 5.73 Å². The second-order valence-electron chi connectivity index (χ2n) is 5.04. The van der Waals surface area contributed by atoms with Crippen LogP contribution in [-0.4, -0.2) is 29.8 Å². The maximum absolute atomic E-state index is 13.8. The largest absolute Gasteiger partial charge is 0.470 e. The first-order valence-corrected chi connectivity index (χ1v) is 7.68. The smallest absolute Gasteiger partial charge is 0.340 e. The molecule has 0 aliphatic carbocycles. The predicted octanol–water partition coefficient (Wildman–Crippen LogP) is 4.70. The SMILES string of the molecule is NC(=O)c1cc(Cl)c(Oc2cnc(OCC(F)(F)C(F)F)c(Cl)c2)cc1F. The number of rotatable bonds is 7. The lowest BCUT2D eigenvalue weighted by Crippen LogP contribution is -2.33. The van der Waals surface area contributed by atoms with Gasteiger partial charge in [0.25, 0.3) is 5.91 Å². The van der Waals surface area contributed by atoms with Crippen molar-refractivity contribution in [1.82, 2.24) is 4.98 Å². The third kappa shape index (κ3) is 5.10. The van der Waals surface area contributed by atoms with Crippen LogP contribution < -0.4 is 15.2 Å². The number of ether oxygens (including phenoxy) is 2. The number of aromatic nitrogens is 1. The molecular weight excluding hydrogens is 422 g/mol. The quantitative estimate of drug-likeness (QED) is 0.646. The molecule has 1 amide bonds. The molecule has 0 aliphatic rings. The summed E-state index contributed by atoms with van der Waals surface area (Å²) in [5, 5.41) is -0.485. The van der Waals surface area contributed by atoms with E-state index in [1.54, 1.807) is 0 Å². The van der Waals surface area contributed by atoms with Crippen LogP contribution in [0.3, 0.4) is 0 Å². The number of nitrogens with two attached hydrogens (primary N) is 1. The number of carbonyl (C=O) groups excluding carboxylic acids is 1. The molecule has 1 aromatic heterocycles. The van der Waals surface area contributed by atoms with Crippen molar-refractivity contribution >= 4 is 29.1 Å². The van der Waals surface area contributed by atoms with Gasteiger partial charge in [0.15, 0.2) is 6.61 Å². The van der Waals surface area contributed by atoms with E-state index in [4.69, 9.17) is 33.7 Å². The van der Waals surface area contributed by atoms with Crippen molar-refractivity contribution in [3.8, 4) is 17.4 Å². The fourth-order valence-electron chi connectivity index (χ4n) is 1.72. The van der Waals surface area contributed by atoms with Crippen LogP contribution in [0.15, 0.2) is 24.4 Å². The van der Waals surface area contributed by atoms with Gasteiger partial charge in [-0.2, -0.15) is 8.78 Å². The van der Waals surface area contributed by atoms with E-state index in [0.717, 1.165) is 24.4 Å². The molecule has 0 bridgehead atoms. The lowest BCUT2D eigenvalue weighted by Gasteiger charge is -2.16. The lowest BCUT2D eigenvalue weighted by molar-refractivity contribution is -0.148. The maximum Gasteiger partial charge on any atom is 0.340 e. The molecule has 27 heavy (non-hydrogen) atoms. The van der Waals surface area contributed by atoms with Crippen LogP contribution >= 0.6 is 23.2 Å². The van der Waals surface area contributed by atoms with Gasteiger partial charge in [-0.1, -0.05) is 23.2 Å². The van der Waals surface area contributed by atoms with Gasteiger partial charge in [-0.15, -0.1) is 0 Å². The molecule has 0 atom stereocenters. The van der Waals surface area contributed by atoms with E-state index in [2.05, 4.69) is 9.72 Å². The van der Waals surface area contributed by atoms with Crippen molar-refractivity contribution < 1.29 is 36.2 Å². The summed E-state index contributed by atoms with van der Waals surface area (Å²) in [4.78, 5) is 14.6. The van der Waals surface area contributed by atoms with Gasteiger partial charge in [0.2, 0.25) is 5.88 Å². The van der Waals surface area contributed by atoms with Gasteiger partial charge >= 0.3 is 12.3 Å². The second-order valence-corrected chi connectivity index (χ2v) is 5.85. The van der Waals surface area contributed by atoms with Gasteiger partial charge in [0, 0.05) is 12.1 Å². The van der Waals surface area contributed by atoms with Crippen LogP contribution in [0.4, 0.5) is 22.0 Å². The number of nitrogens with zero attached hydrogens (tertiary/aromatic N) is 1. The van der Waals surface area contributed by atoms with Gasteiger partial charge in [0.05, 0.1) is 16.8 Å². The molecule has 0 spiro atoms. The number of pyridine rings is 1. The average Bonchev–Trinajstić information content (AvgIpc) is 2.56. The summed E-state index contributed by atoms with van der Waals surface area (Å²) in [6.07, 6.45) is -2.96. The number of amides is 1. The number of hydrogen-bond acceptors (Lipinski definition) is 4. The number of benzene rings is 1. The molecule has 2 N–H and O–H groups in total. The zero-order chi connectivity index (χ0) is 20.4. The van der Waals surface area contributed by atoms with Gasteiger partial charge in [-0.25, -0.2) is 18.2 Å². The number of alkyl halides is 4. The van der Waals surface area contributed by atoms with Crippen molar-refractivity contribution in [3.63, 3.8) is 0 Å². The Morgan fingerprint density at radius 2 is 1.89 bits per heavy atom. The molecule has 146 valence electrons. The first kappa shape index (κ1) is 21.0. The maximum atomic E-state index is 13.8. The van der Waals surface area contributed by atoms with E-state index in [1.165, 1.54) is 0 Å². The van der Waals surface area contributed by atoms with Gasteiger partial charge in [-0.05, 0) is 6.07 Å². The van der Waals surface area contributed by atoms with Crippen LogP contribution in [0.5, 0.6) is 17.4 Å². The summed E-state index contributed by atoms with van der Waals surface area (Å²) < 4.78 is 73.4. The van der Waals surface area contributed by atoms with Crippen LogP contribution in [0, 0.1) is 5.82 Å². The van der Waals surface area contributed by atoms with E-state index in [0.29, 0.717) is 0 Å². The molecule has 0 radical (unpaired) electrons. The summed E-state index contributed by atoms with van der Waals surface area (Å²) in [5.41, 5.74) is 4.53. The van der Waals surface area contributed by atoms with Crippen LogP contribution in [0.1, 0.15) is 10.4 Å². The number of hydrogen-bond donors (Lipinski definition) is 1. The van der Waals surface area contributed by atoms with Crippen LogP contribution in [0.25, 0.3) is 0 Å². The first-order chi connectivity index (χ1) is 12.5. The van der Waals surface area contributed by atoms with Gasteiger partial charge in [-0.3, -0.25) is 4.79 Å². The van der Waals surface area contributed by atoms with Crippen molar-refractivity contribution in [3.05, 3.63) is 45.8 Å². The van der Waals surface area contributed by atoms with E-state index in [9.17, 15) is 26.7 Å². The highest BCUT2D eigenvalue weighted by Gasteiger charge is 2.42. The summed E-state index contributed by atoms with van der Waals surface area (Å²) >= 11 is 11.6. The third-order valence-electron chi connectivity index (χ3n) is 3.02. The van der Waals surface area contributed by atoms with Crippen LogP contribution in [0.2, 0.25) is 10.0 Å². The molecular formula is C15H9Cl2F5N2O3. The lowest BCUT2D eigenvalue weighted by atomic mass is 10.2. The van der Waals surface area contributed by atoms with E-state index < -0.39 is 42.1 Å². The summed E-state index contributed by atoms with van der Waals surface area (Å²) in [5.74, 6) is -7.25. The zero-order valence-corrected chi connectivity index (χ0v) is 14.5. The van der Waals surface area contributed by atoms with E-state index in [-0.39, 0.29) is 21.5 Å². The minimum atomic E-state index is -4.38. The Hall–Kier alpha value is -2.33. The predicted molar refractivity (Wildman–Crippen MR) is 85.7 cm³/mol. The Kier molecular flexibility index (Phi) is 6.32. The molecule has 1 heterocycles. The molecule has 1 aromatic carbocycles. The molecule has 0 aliphatic heterocycles. The molecule has 2 rings (SSSR count). The monoisotopic (exact) mass is 430 g/mol. The Bertz CT molecular complexity index is 868. The summed E-state index contributed by atoms with van der Waals surface area (Å²) in [6.45, 7) is -1.64. The van der Waals surface area contributed by atoms with Gasteiger partial charge in [0.1, 0.15) is 22.3 Å². The molecule has 0 unspecified atom stereocenters. The second kappa shape index (κ2) is 8.13.